The third-order valence-corrected chi connectivity index (χ3v) is 9.20. The zero-order valence-electron chi connectivity index (χ0n) is 24.0. The Bertz CT molecular complexity index is 1870. The Morgan fingerprint density at radius 1 is 1.11 bits per heavy atom. The number of thiazole rings is 1. The van der Waals surface area contributed by atoms with Crippen molar-refractivity contribution in [1.29, 1.82) is 0 Å². The molecule has 2 aromatic heterocycles. The summed E-state index contributed by atoms with van der Waals surface area (Å²) in [7, 11) is 1.65. The first kappa shape index (κ1) is 27.8. The van der Waals surface area contributed by atoms with Crippen LogP contribution in [-0.4, -0.2) is 85.2 Å². The van der Waals surface area contributed by atoms with Crippen LogP contribution in [0.1, 0.15) is 16.7 Å². The van der Waals surface area contributed by atoms with Crippen LogP contribution in [0.5, 0.6) is 0 Å². The summed E-state index contributed by atoms with van der Waals surface area (Å²) in [5.41, 5.74) is 10.4. The molecule has 2 aliphatic rings. The molecular weight excluding hydrogens is 578 g/mol. The van der Waals surface area contributed by atoms with Gasteiger partial charge in [-0.05, 0) is 34.9 Å². The monoisotopic (exact) mass is 609 g/mol. The number of nitrogens with one attached hydrogen (secondary N) is 2. The number of nitrogen functional groups attached to an aromatic ring is 1. The second-order valence-corrected chi connectivity index (χ2v) is 12.2. The number of fused-ring (bicyclic) bond motifs is 3. The molecule has 0 spiro atoms. The molecule has 5 aromatic rings. The maximum absolute atomic E-state index is 14.2. The van der Waals surface area contributed by atoms with Crippen molar-refractivity contribution in [2.75, 3.05) is 25.9 Å². The number of carbonyl (C=O) groups is 3. The minimum Gasteiger partial charge on any atom is -0.375 e. The van der Waals surface area contributed by atoms with Gasteiger partial charge in [0, 0.05) is 31.9 Å². The molecule has 0 radical (unpaired) electrons. The van der Waals surface area contributed by atoms with Crippen LogP contribution in [0.2, 0.25) is 0 Å². The number of benzene rings is 3. The maximum atomic E-state index is 14.2. The zero-order valence-corrected chi connectivity index (χ0v) is 24.8. The van der Waals surface area contributed by atoms with Gasteiger partial charge in [0.1, 0.15) is 12.2 Å². The van der Waals surface area contributed by atoms with Gasteiger partial charge in [0.25, 0.3) is 0 Å². The fourth-order valence-electron chi connectivity index (χ4n) is 6.15. The lowest BCUT2D eigenvalue weighted by Crippen LogP contribution is -2.65. The predicted molar refractivity (Wildman–Crippen MR) is 167 cm³/mol. The van der Waals surface area contributed by atoms with E-state index >= 15 is 0 Å². The molecule has 4 amide bonds. The summed E-state index contributed by atoms with van der Waals surface area (Å²) < 4.78 is 0.948. The molecule has 4 heterocycles. The normalized spacial score (nSPS) is 18.8. The standard InChI is InChI=1S/C31H31N9O3S/c1-37(31(43)33-14-19-6-3-2-4-7-19)39-18-27(41)40-24(13-20-10-11-23-22(12-20)15-34-36-23)29(42)38(17-26(39)40)16-21-8-5-9-25-28(21)35-30(32)44-25/h2-12,15,24,26H,13-14,16-18H2,1H3,(H2,32,35)(H,33,43)(H,34,36)/t24-,26+/m0/s1. The van der Waals surface area contributed by atoms with Gasteiger partial charge in [-0.1, -0.05) is 59.9 Å². The molecule has 2 aliphatic heterocycles. The van der Waals surface area contributed by atoms with E-state index < -0.39 is 12.2 Å². The Morgan fingerprint density at radius 2 is 1.95 bits per heavy atom. The third kappa shape index (κ3) is 5.09. The van der Waals surface area contributed by atoms with Crippen molar-refractivity contribution >= 4 is 55.4 Å². The summed E-state index contributed by atoms with van der Waals surface area (Å²) in [4.78, 5) is 49.0. The lowest BCUT2D eigenvalue weighted by atomic mass is 9.99. The molecule has 224 valence electrons. The number of piperazine rings is 1. The van der Waals surface area contributed by atoms with Crippen LogP contribution in [0.15, 0.2) is 72.9 Å². The Kier molecular flexibility index (Phi) is 7.10. The number of H-pyrrole nitrogens is 1. The van der Waals surface area contributed by atoms with E-state index in [0.29, 0.717) is 24.6 Å². The molecule has 0 aliphatic carbocycles. The van der Waals surface area contributed by atoms with Gasteiger partial charge < -0.3 is 20.9 Å². The molecule has 2 fully saturated rings. The second-order valence-electron chi connectivity index (χ2n) is 11.1. The smallest absolute Gasteiger partial charge is 0.332 e. The van der Waals surface area contributed by atoms with Gasteiger partial charge in [0.05, 0.1) is 35.0 Å². The van der Waals surface area contributed by atoms with Crippen LogP contribution in [0.3, 0.4) is 0 Å². The summed E-state index contributed by atoms with van der Waals surface area (Å²) in [5.74, 6) is -0.352. The number of aromatic amines is 1. The minimum absolute atomic E-state index is 0.0173. The Labute approximate surface area is 257 Å². The van der Waals surface area contributed by atoms with Crippen molar-refractivity contribution in [2.24, 2.45) is 0 Å². The van der Waals surface area contributed by atoms with Crippen molar-refractivity contribution in [3.8, 4) is 0 Å². The number of hydrazine groups is 1. The van der Waals surface area contributed by atoms with E-state index in [1.165, 1.54) is 16.3 Å². The Balaban J connectivity index is 1.19. The fraction of sp³-hybridized carbons (Fsp3) is 0.258. The number of anilines is 1. The first-order chi connectivity index (χ1) is 21.4. The molecule has 0 unspecified atom stereocenters. The van der Waals surface area contributed by atoms with Crippen LogP contribution in [0.4, 0.5) is 9.93 Å². The van der Waals surface area contributed by atoms with Crippen molar-refractivity contribution in [3.63, 3.8) is 0 Å². The molecule has 44 heavy (non-hydrogen) atoms. The number of carbonyl (C=O) groups excluding carboxylic acids is 3. The average molecular weight is 610 g/mol. The van der Waals surface area contributed by atoms with Crippen molar-refractivity contribution in [3.05, 3.63) is 89.6 Å². The van der Waals surface area contributed by atoms with Gasteiger partial charge in [0.2, 0.25) is 11.8 Å². The summed E-state index contributed by atoms with van der Waals surface area (Å²) in [5, 5.41) is 14.6. The molecule has 12 nitrogen and oxygen atoms in total. The van der Waals surface area contributed by atoms with Crippen LogP contribution in [-0.2, 0) is 29.1 Å². The Hall–Kier alpha value is -5.01. The van der Waals surface area contributed by atoms with E-state index in [9.17, 15) is 14.4 Å². The van der Waals surface area contributed by atoms with E-state index in [1.807, 2.05) is 66.7 Å². The second kappa shape index (κ2) is 11.2. The van der Waals surface area contributed by atoms with Crippen molar-refractivity contribution < 1.29 is 14.4 Å². The molecule has 2 atom stereocenters. The fourth-order valence-corrected chi connectivity index (χ4v) is 6.94. The molecular formula is C31H31N9O3S. The van der Waals surface area contributed by atoms with E-state index in [-0.39, 0.29) is 30.9 Å². The summed E-state index contributed by atoms with van der Waals surface area (Å²) in [6.07, 6.45) is 1.53. The molecule has 3 aromatic carbocycles. The van der Waals surface area contributed by atoms with Crippen LogP contribution >= 0.6 is 11.3 Å². The average Bonchev–Trinajstić information content (AvgIpc) is 3.74. The van der Waals surface area contributed by atoms with Gasteiger partial charge in [-0.2, -0.15) is 10.1 Å². The largest absolute Gasteiger partial charge is 0.375 e. The summed E-state index contributed by atoms with van der Waals surface area (Å²) >= 11 is 1.40. The van der Waals surface area contributed by atoms with E-state index in [1.54, 1.807) is 28.1 Å². The third-order valence-electron chi connectivity index (χ3n) is 8.35. The van der Waals surface area contributed by atoms with Crippen LogP contribution in [0.25, 0.3) is 21.1 Å². The van der Waals surface area contributed by atoms with E-state index in [2.05, 4.69) is 20.5 Å². The highest BCUT2D eigenvalue weighted by molar-refractivity contribution is 7.22. The number of nitrogens with two attached hydrogens (primary N) is 1. The topological polar surface area (TPSA) is 144 Å². The summed E-state index contributed by atoms with van der Waals surface area (Å²) in [6.45, 7) is 0.863. The number of amides is 4. The molecule has 7 rings (SSSR count). The minimum atomic E-state index is -0.754. The first-order valence-electron chi connectivity index (χ1n) is 14.3. The lowest BCUT2D eigenvalue weighted by Gasteiger charge is -2.45. The number of nitrogens with zero attached hydrogens (tertiary/aromatic N) is 6. The highest BCUT2D eigenvalue weighted by Crippen LogP contribution is 2.32. The van der Waals surface area contributed by atoms with Gasteiger partial charge in [0.15, 0.2) is 5.13 Å². The van der Waals surface area contributed by atoms with Crippen LogP contribution < -0.4 is 11.1 Å². The molecule has 13 heteroatoms. The predicted octanol–water partition coefficient (Wildman–Crippen LogP) is 2.94. The molecule has 2 saturated heterocycles. The number of urea groups is 1. The first-order valence-corrected chi connectivity index (χ1v) is 15.2. The lowest BCUT2D eigenvalue weighted by molar-refractivity contribution is -0.157. The van der Waals surface area contributed by atoms with Gasteiger partial charge in [-0.15, -0.1) is 0 Å². The molecule has 0 bridgehead atoms. The number of rotatable bonds is 7. The highest BCUT2D eigenvalue weighted by atomic mass is 32.1. The zero-order chi connectivity index (χ0) is 30.4. The Morgan fingerprint density at radius 3 is 2.80 bits per heavy atom. The van der Waals surface area contributed by atoms with Gasteiger partial charge >= 0.3 is 6.03 Å². The van der Waals surface area contributed by atoms with Crippen LogP contribution in [0, 0.1) is 0 Å². The van der Waals surface area contributed by atoms with Gasteiger partial charge in [-0.25, -0.2) is 9.78 Å². The summed E-state index contributed by atoms with van der Waals surface area (Å²) in [6, 6.07) is 20.2. The highest BCUT2D eigenvalue weighted by Gasteiger charge is 2.51. The van der Waals surface area contributed by atoms with E-state index in [4.69, 9.17) is 5.73 Å². The molecule has 4 N–H and O–H groups in total. The molecule has 0 saturated carbocycles. The number of para-hydroxylation sites is 1. The maximum Gasteiger partial charge on any atom is 0.332 e. The number of hydrogen-bond acceptors (Lipinski definition) is 8. The van der Waals surface area contributed by atoms with E-state index in [0.717, 1.165) is 37.8 Å². The number of aromatic nitrogens is 3. The van der Waals surface area contributed by atoms with Gasteiger partial charge in [-0.3, -0.25) is 19.7 Å². The quantitative estimate of drug-likeness (QED) is 0.257. The van der Waals surface area contributed by atoms with Crippen molar-refractivity contribution in [1.82, 2.24) is 40.3 Å². The SMILES string of the molecule is CN(C(=O)NCc1ccccc1)N1CC(=O)N2[C@@H](Cc3ccc4[nH]ncc4c3)C(=O)N(Cc3cccc4sc(N)nc34)C[C@@H]21. The van der Waals surface area contributed by atoms with Crippen molar-refractivity contribution in [2.45, 2.75) is 31.7 Å². The number of hydrogen-bond donors (Lipinski definition) is 3.